The molecule has 3 aromatic heterocycles. The average molecular weight is 696 g/mol. The molecule has 0 aliphatic carbocycles. The minimum atomic E-state index is -1.04. The number of hydrogen-bond donors (Lipinski definition) is 0. The molecule has 2 atom stereocenters. The molecule has 14 heteroatoms. The molecule has 2 aliphatic rings. The number of nitrogens with zero attached hydrogens (tertiary/aromatic N) is 9. The maximum atomic E-state index is 16.7. The molecule has 50 heavy (non-hydrogen) atoms. The van der Waals surface area contributed by atoms with Crippen molar-refractivity contribution in [3.63, 3.8) is 0 Å². The van der Waals surface area contributed by atoms with Crippen LogP contribution in [0.3, 0.4) is 0 Å². The molecular formula is C36H32ClF2N9O2. The highest BCUT2D eigenvalue weighted by Crippen LogP contribution is 2.38. The molecule has 0 unspecified atom stereocenters. The number of hydrogen-bond acceptors (Lipinski definition) is 10. The Morgan fingerprint density at radius 2 is 1.88 bits per heavy atom. The van der Waals surface area contributed by atoms with Gasteiger partial charge in [-0.15, -0.1) is 0 Å². The Morgan fingerprint density at radius 3 is 2.64 bits per heavy atom. The van der Waals surface area contributed by atoms with Crippen LogP contribution in [0.2, 0.25) is 5.02 Å². The molecular weight excluding hydrogens is 664 g/mol. The summed E-state index contributed by atoms with van der Waals surface area (Å²) in [5.41, 5.74) is 0.593. The Kier molecular flexibility index (Phi) is 9.47. The SMILES string of the molecule is CN1CCC[C@H]1COc1nc(N2CCN(C(=O)/C(F)=C/c3ncccn3)[C@@H](CC#N)C2)c2cnc(-c3cccc4cccc(Cl)c34)c(F)c2n1. The number of nitriles is 1. The van der Waals surface area contributed by atoms with Crippen molar-refractivity contribution in [3.8, 4) is 23.3 Å². The normalized spacial score (nSPS) is 18.5. The van der Waals surface area contributed by atoms with E-state index in [0.717, 1.165) is 30.8 Å². The Morgan fingerprint density at radius 1 is 1.08 bits per heavy atom. The van der Waals surface area contributed by atoms with Gasteiger partial charge in [0.2, 0.25) is 0 Å². The van der Waals surface area contributed by atoms with Crippen LogP contribution < -0.4 is 9.64 Å². The van der Waals surface area contributed by atoms with E-state index in [-0.39, 0.29) is 55.1 Å². The number of fused-ring (bicyclic) bond motifs is 2. The minimum absolute atomic E-state index is 0.00557. The number of piperazine rings is 1. The fourth-order valence-electron chi connectivity index (χ4n) is 6.66. The topological polar surface area (TPSA) is 124 Å². The molecule has 0 saturated carbocycles. The average Bonchev–Trinajstić information content (AvgIpc) is 3.55. The molecule has 1 amide bonds. The highest BCUT2D eigenvalue weighted by Gasteiger charge is 2.34. The summed E-state index contributed by atoms with van der Waals surface area (Å²) in [5.74, 6) is -2.19. The number of pyridine rings is 1. The van der Waals surface area contributed by atoms with Crippen LogP contribution in [0.25, 0.3) is 39.0 Å². The zero-order valence-electron chi connectivity index (χ0n) is 27.1. The number of halogens is 3. The first-order chi connectivity index (χ1) is 24.3. The van der Waals surface area contributed by atoms with E-state index in [0.29, 0.717) is 33.8 Å². The lowest BCUT2D eigenvalue weighted by Gasteiger charge is -2.41. The second-order valence-corrected chi connectivity index (χ2v) is 12.7. The first-order valence-corrected chi connectivity index (χ1v) is 16.6. The fourth-order valence-corrected chi connectivity index (χ4v) is 6.94. The van der Waals surface area contributed by atoms with E-state index in [9.17, 15) is 10.1 Å². The first-order valence-electron chi connectivity index (χ1n) is 16.3. The molecule has 2 aromatic carbocycles. The van der Waals surface area contributed by atoms with Crippen LogP contribution in [-0.2, 0) is 4.79 Å². The number of likely N-dealkylation sites (N-methyl/N-ethyl adjacent to an activating group) is 1. The van der Waals surface area contributed by atoms with E-state index < -0.39 is 23.6 Å². The van der Waals surface area contributed by atoms with E-state index in [2.05, 4.69) is 30.9 Å². The molecule has 5 heterocycles. The van der Waals surface area contributed by atoms with Crippen LogP contribution in [0, 0.1) is 17.1 Å². The lowest BCUT2D eigenvalue weighted by Crippen LogP contribution is -2.55. The van der Waals surface area contributed by atoms with Gasteiger partial charge >= 0.3 is 6.01 Å². The molecule has 0 N–H and O–H groups in total. The summed E-state index contributed by atoms with van der Waals surface area (Å²) in [6.45, 7) is 1.66. The van der Waals surface area contributed by atoms with Crippen LogP contribution in [0.5, 0.6) is 6.01 Å². The number of aromatic nitrogens is 5. The van der Waals surface area contributed by atoms with Gasteiger partial charge in [0.25, 0.3) is 5.91 Å². The van der Waals surface area contributed by atoms with Crippen molar-refractivity contribution in [2.45, 2.75) is 31.3 Å². The van der Waals surface area contributed by atoms with Crippen LogP contribution in [0.15, 0.2) is 66.9 Å². The smallest absolute Gasteiger partial charge is 0.319 e. The van der Waals surface area contributed by atoms with E-state index in [1.807, 2.05) is 36.2 Å². The maximum Gasteiger partial charge on any atom is 0.319 e. The standard InChI is InChI=1S/C36H32ClF2N9O2/c1-46-15-4-8-24(46)21-50-36-44-33-26(19-43-32(31(33)39)25-9-2-6-22-7-3-10-27(37)30(22)25)34(45-36)47-16-17-48(23(20-47)11-12-40)35(49)28(38)18-29-41-13-5-14-42-29/h2-3,5-7,9-10,13-14,18-19,23-24H,4,8,11,15-17,20-21H2,1H3/b28-18-/t23-,24-/m0/s1. The van der Waals surface area contributed by atoms with E-state index >= 15 is 8.78 Å². The number of benzene rings is 2. The number of carbonyl (C=O) groups is 1. The van der Waals surface area contributed by atoms with E-state index in [1.54, 1.807) is 18.2 Å². The van der Waals surface area contributed by atoms with Gasteiger partial charge < -0.3 is 19.4 Å². The van der Waals surface area contributed by atoms with Crippen molar-refractivity contribution in [2.75, 3.05) is 44.7 Å². The third-order valence-electron chi connectivity index (χ3n) is 9.24. The number of ether oxygens (including phenoxy) is 1. The van der Waals surface area contributed by atoms with Crippen LogP contribution in [0.1, 0.15) is 25.1 Å². The zero-order chi connectivity index (χ0) is 34.8. The van der Waals surface area contributed by atoms with Gasteiger partial charge in [-0.3, -0.25) is 9.78 Å². The summed E-state index contributed by atoms with van der Waals surface area (Å²) >= 11 is 6.59. The summed E-state index contributed by atoms with van der Waals surface area (Å²) in [7, 11) is 2.03. The minimum Gasteiger partial charge on any atom is -0.462 e. The van der Waals surface area contributed by atoms with Crippen molar-refractivity contribution >= 4 is 51.1 Å². The summed E-state index contributed by atoms with van der Waals surface area (Å²) in [6, 6.07) is 14.1. The van der Waals surface area contributed by atoms with Gasteiger partial charge in [-0.2, -0.15) is 15.2 Å². The molecule has 0 spiro atoms. The van der Waals surface area contributed by atoms with Gasteiger partial charge in [0, 0.05) is 66.3 Å². The van der Waals surface area contributed by atoms with E-state index in [1.165, 1.54) is 23.5 Å². The van der Waals surface area contributed by atoms with Crippen molar-refractivity contribution < 1.29 is 18.3 Å². The molecule has 254 valence electrons. The predicted molar refractivity (Wildman–Crippen MR) is 185 cm³/mol. The van der Waals surface area contributed by atoms with Crippen LogP contribution >= 0.6 is 11.6 Å². The summed E-state index contributed by atoms with van der Waals surface area (Å²) < 4.78 is 38.0. The monoisotopic (exact) mass is 695 g/mol. The molecule has 5 aromatic rings. The van der Waals surface area contributed by atoms with Gasteiger partial charge in [-0.05, 0) is 44.0 Å². The van der Waals surface area contributed by atoms with Crippen molar-refractivity contribution in [1.29, 1.82) is 5.26 Å². The quantitative estimate of drug-likeness (QED) is 0.183. The van der Waals surface area contributed by atoms with Crippen LogP contribution in [0.4, 0.5) is 14.6 Å². The molecule has 0 bridgehead atoms. The van der Waals surface area contributed by atoms with Gasteiger partial charge in [-0.25, -0.2) is 18.7 Å². The molecule has 2 aliphatic heterocycles. The molecule has 2 fully saturated rings. The summed E-state index contributed by atoms with van der Waals surface area (Å²) in [5, 5.41) is 12.0. The predicted octanol–water partition coefficient (Wildman–Crippen LogP) is 5.84. The van der Waals surface area contributed by atoms with Gasteiger partial charge in [0.1, 0.15) is 23.6 Å². The lowest BCUT2D eigenvalue weighted by atomic mass is 10.0. The van der Waals surface area contributed by atoms with E-state index in [4.69, 9.17) is 21.3 Å². The number of amides is 1. The third kappa shape index (κ3) is 6.51. The molecule has 11 nitrogen and oxygen atoms in total. The second-order valence-electron chi connectivity index (χ2n) is 12.3. The summed E-state index contributed by atoms with van der Waals surface area (Å²) in [6.07, 6.45) is 7.31. The molecule has 2 saturated heterocycles. The largest absolute Gasteiger partial charge is 0.462 e. The van der Waals surface area contributed by atoms with Gasteiger partial charge in [0.05, 0.1) is 23.9 Å². The Labute approximate surface area is 291 Å². The third-order valence-corrected chi connectivity index (χ3v) is 9.56. The lowest BCUT2D eigenvalue weighted by molar-refractivity contribution is -0.131. The number of rotatable bonds is 8. The Bertz CT molecular complexity index is 2140. The highest BCUT2D eigenvalue weighted by atomic mass is 35.5. The molecule has 7 rings (SSSR count). The van der Waals surface area contributed by atoms with Crippen molar-refractivity contribution in [2.24, 2.45) is 0 Å². The van der Waals surface area contributed by atoms with Crippen molar-refractivity contribution in [3.05, 3.63) is 83.5 Å². The maximum absolute atomic E-state index is 16.7. The number of anilines is 1. The molecule has 0 radical (unpaired) electrons. The summed E-state index contributed by atoms with van der Waals surface area (Å²) in [4.78, 5) is 40.4. The van der Waals surface area contributed by atoms with Gasteiger partial charge in [-0.1, -0.05) is 41.9 Å². The Hall–Kier alpha value is -5.32. The van der Waals surface area contributed by atoms with Crippen molar-refractivity contribution in [1.82, 2.24) is 34.7 Å². The number of carbonyl (C=O) groups excluding carboxylic acids is 1. The van der Waals surface area contributed by atoms with Crippen LogP contribution in [-0.4, -0.2) is 92.5 Å². The first kappa shape index (κ1) is 33.2. The van der Waals surface area contributed by atoms with Gasteiger partial charge in [0.15, 0.2) is 17.5 Å². The number of likely N-dealkylation sites (tertiary alicyclic amines) is 1. The zero-order valence-corrected chi connectivity index (χ0v) is 27.9. The fraction of sp³-hybridized carbons (Fsp3) is 0.306. The second kappa shape index (κ2) is 14.3. The Balaban J connectivity index is 1.27. The highest BCUT2D eigenvalue weighted by molar-refractivity contribution is 6.36.